The molecule has 0 saturated carbocycles. The third-order valence-corrected chi connectivity index (χ3v) is 6.30. The normalized spacial score (nSPS) is 14.4. The van der Waals surface area contributed by atoms with Gasteiger partial charge in [0.05, 0.1) is 0 Å². The summed E-state index contributed by atoms with van der Waals surface area (Å²) in [6.07, 6.45) is 6.10. The van der Waals surface area contributed by atoms with Gasteiger partial charge in [-0.25, -0.2) is 0 Å². The van der Waals surface area contributed by atoms with Gasteiger partial charge in [0.25, 0.3) is 0 Å². The van der Waals surface area contributed by atoms with E-state index in [1.54, 1.807) is 11.1 Å². The second-order valence-electron chi connectivity index (χ2n) is 6.91. The summed E-state index contributed by atoms with van der Waals surface area (Å²) in [5.74, 6) is 1.02. The van der Waals surface area contributed by atoms with Crippen LogP contribution in [-0.2, 0) is 19.3 Å². The minimum absolute atomic E-state index is 0.768. The summed E-state index contributed by atoms with van der Waals surface area (Å²) in [4.78, 5) is 0. The topological polar surface area (TPSA) is 26.0 Å². The summed E-state index contributed by atoms with van der Waals surface area (Å²) >= 11 is 8.16. The molecule has 132 valence electrons. The minimum atomic E-state index is 0.768. The average molecular weight is 372 g/mol. The molecule has 0 saturated heterocycles. The van der Waals surface area contributed by atoms with E-state index in [0.717, 1.165) is 28.4 Å². The molecule has 0 spiro atoms. The SMILES string of the molecule is C/C(=C\SCCc1cc(C)c(N)cc1Cl)c1ccc2c(c1)CCCC2. The fourth-order valence-electron chi connectivity index (χ4n) is 3.35. The Hall–Kier alpha value is -1.38. The van der Waals surface area contributed by atoms with Crippen molar-refractivity contribution in [3.8, 4) is 0 Å². The molecular weight excluding hydrogens is 346 g/mol. The Morgan fingerprint density at radius 1 is 1.16 bits per heavy atom. The van der Waals surface area contributed by atoms with Crippen LogP contribution >= 0.6 is 23.4 Å². The van der Waals surface area contributed by atoms with E-state index in [0.29, 0.717) is 0 Å². The van der Waals surface area contributed by atoms with Crippen molar-refractivity contribution in [3.63, 3.8) is 0 Å². The van der Waals surface area contributed by atoms with E-state index in [-0.39, 0.29) is 0 Å². The van der Waals surface area contributed by atoms with E-state index in [2.05, 4.69) is 36.6 Å². The van der Waals surface area contributed by atoms with E-state index >= 15 is 0 Å². The number of fused-ring (bicyclic) bond motifs is 1. The van der Waals surface area contributed by atoms with Crippen molar-refractivity contribution in [1.29, 1.82) is 0 Å². The molecule has 2 aromatic carbocycles. The van der Waals surface area contributed by atoms with Gasteiger partial charge in [-0.3, -0.25) is 0 Å². The maximum absolute atomic E-state index is 6.30. The first-order chi connectivity index (χ1) is 12.0. The number of rotatable bonds is 5. The molecule has 2 aromatic rings. The number of hydrogen-bond donors (Lipinski definition) is 1. The molecule has 0 amide bonds. The van der Waals surface area contributed by atoms with Crippen LogP contribution in [0.4, 0.5) is 5.69 Å². The molecule has 0 aromatic heterocycles. The number of nitrogens with two attached hydrogens (primary N) is 1. The zero-order valence-electron chi connectivity index (χ0n) is 15.1. The zero-order chi connectivity index (χ0) is 17.8. The van der Waals surface area contributed by atoms with Crippen LogP contribution < -0.4 is 5.73 Å². The summed E-state index contributed by atoms with van der Waals surface area (Å²) in [5.41, 5.74) is 14.7. The van der Waals surface area contributed by atoms with Gasteiger partial charge < -0.3 is 5.73 Å². The molecule has 25 heavy (non-hydrogen) atoms. The maximum atomic E-state index is 6.30. The fraction of sp³-hybridized carbons (Fsp3) is 0.364. The number of allylic oxidation sites excluding steroid dienone is 1. The van der Waals surface area contributed by atoms with E-state index in [4.69, 9.17) is 17.3 Å². The first-order valence-corrected chi connectivity index (χ1v) is 10.4. The first-order valence-electron chi connectivity index (χ1n) is 8.99. The largest absolute Gasteiger partial charge is 0.398 e. The molecule has 0 atom stereocenters. The van der Waals surface area contributed by atoms with Crippen LogP contribution in [0.1, 0.15) is 47.6 Å². The van der Waals surface area contributed by atoms with E-state index < -0.39 is 0 Å². The zero-order valence-corrected chi connectivity index (χ0v) is 16.6. The fourth-order valence-corrected chi connectivity index (χ4v) is 4.46. The summed E-state index contributed by atoms with van der Waals surface area (Å²) in [6, 6.07) is 11.0. The van der Waals surface area contributed by atoms with Gasteiger partial charge in [-0.1, -0.05) is 35.9 Å². The molecular formula is C22H26ClNS. The first kappa shape index (κ1) is 18.4. The van der Waals surface area contributed by atoms with Gasteiger partial charge in [0, 0.05) is 16.5 Å². The van der Waals surface area contributed by atoms with E-state index in [1.165, 1.54) is 42.4 Å². The highest BCUT2D eigenvalue weighted by Gasteiger charge is 2.10. The van der Waals surface area contributed by atoms with E-state index in [9.17, 15) is 0 Å². The highest BCUT2D eigenvalue weighted by atomic mass is 35.5. The molecule has 3 rings (SSSR count). The molecule has 1 aliphatic carbocycles. The van der Waals surface area contributed by atoms with Crippen LogP contribution in [0.2, 0.25) is 5.02 Å². The smallest absolute Gasteiger partial charge is 0.0458 e. The van der Waals surface area contributed by atoms with Crippen molar-refractivity contribution in [1.82, 2.24) is 0 Å². The van der Waals surface area contributed by atoms with Crippen molar-refractivity contribution >= 4 is 34.6 Å². The number of hydrogen-bond acceptors (Lipinski definition) is 2. The summed E-state index contributed by atoms with van der Waals surface area (Å²) in [6.45, 7) is 4.24. The molecule has 1 nitrogen and oxygen atoms in total. The number of anilines is 1. The lowest BCUT2D eigenvalue weighted by Gasteiger charge is -2.16. The second kappa shape index (κ2) is 8.33. The van der Waals surface area contributed by atoms with Crippen molar-refractivity contribution in [2.45, 2.75) is 46.0 Å². The Balaban J connectivity index is 1.60. The van der Waals surface area contributed by atoms with Crippen molar-refractivity contribution in [3.05, 3.63) is 68.6 Å². The van der Waals surface area contributed by atoms with Gasteiger partial charge in [0.2, 0.25) is 0 Å². The number of thioether (sulfide) groups is 1. The van der Waals surface area contributed by atoms with Crippen LogP contribution in [0.3, 0.4) is 0 Å². The predicted molar refractivity (Wildman–Crippen MR) is 113 cm³/mol. The van der Waals surface area contributed by atoms with Gasteiger partial charge >= 0.3 is 0 Å². The molecule has 0 fully saturated rings. The van der Waals surface area contributed by atoms with Crippen molar-refractivity contribution in [2.24, 2.45) is 0 Å². The van der Waals surface area contributed by atoms with Crippen LogP contribution in [0.5, 0.6) is 0 Å². The molecule has 0 heterocycles. The standard InChI is InChI=1S/C22H26ClNS/c1-15-11-20(21(23)13-22(15)24)9-10-25-14-16(2)18-8-7-17-5-3-4-6-19(17)12-18/h7-8,11-14H,3-6,9-10,24H2,1-2H3/b16-14+. The number of aryl methyl sites for hydroxylation is 4. The third-order valence-electron chi connectivity index (χ3n) is 4.99. The highest BCUT2D eigenvalue weighted by molar-refractivity contribution is 8.02. The summed E-state index contributed by atoms with van der Waals surface area (Å²) in [7, 11) is 0. The quantitative estimate of drug-likeness (QED) is 0.483. The molecule has 0 radical (unpaired) electrons. The number of nitrogen functional groups attached to an aromatic ring is 1. The predicted octanol–water partition coefficient (Wildman–Crippen LogP) is 6.45. The Morgan fingerprint density at radius 2 is 1.92 bits per heavy atom. The third kappa shape index (κ3) is 4.62. The Bertz CT molecular complexity index is 795. The summed E-state index contributed by atoms with van der Waals surface area (Å²) in [5, 5.41) is 3.06. The summed E-state index contributed by atoms with van der Waals surface area (Å²) < 4.78 is 0. The lowest BCUT2D eigenvalue weighted by atomic mass is 9.89. The second-order valence-corrected chi connectivity index (χ2v) is 8.30. The van der Waals surface area contributed by atoms with Crippen LogP contribution in [0, 0.1) is 6.92 Å². The van der Waals surface area contributed by atoms with E-state index in [1.807, 2.05) is 24.8 Å². The Morgan fingerprint density at radius 3 is 2.72 bits per heavy atom. The lowest BCUT2D eigenvalue weighted by Crippen LogP contribution is -2.02. The van der Waals surface area contributed by atoms with Crippen LogP contribution in [0.15, 0.2) is 35.7 Å². The lowest BCUT2D eigenvalue weighted by molar-refractivity contribution is 0.685. The van der Waals surface area contributed by atoms with Gasteiger partial charge in [-0.2, -0.15) is 0 Å². The average Bonchev–Trinajstić information content (AvgIpc) is 2.62. The molecule has 0 unspecified atom stereocenters. The molecule has 1 aliphatic rings. The number of halogens is 1. The molecule has 0 aliphatic heterocycles. The van der Waals surface area contributed by atoms with Crippen molar-refractivity contribution in [2.75, 3.05) is 11.5 Å². The molecule has 3 heteroatoms. The number of benzene rings is 2. The maximum Gasteiger partial charge on any atom is 0.0458 e. The molecule has 0 bridgehead atoms. The Kier molecular flexibility index (Phi) is 6.14. The van der Waals surface area contributed by atoms with Gasteiger partial charge in [0.15, 0.2) is 0 Å². The Labute approximate surface area is 160 Å². The van der Waals surface area contributed by atoms with Gasteiger partial charge in [-0.15, -0.1) is 11.8 Å². The molecule has 2 N–H and O–H groups in total. The van der Waals surface area contributed by atoms with Crippen molar-refractivity contribution < 1.29 is 0 Å². The van der Waals surface area contributed by atoms with Crippen LogP contribution in [0.25, 0.3) is 5.57 Å². The van der Waals surface area contributed by atoms with Crippen LogP contribution in [-0.4, -0.2) is 5.75 Å². The minimum Gasteiger partial charge on any atom is -0.398 e. The van der Waals surface area contributed by atoms with Gasteiger partial charge in [-0.05, 0) is 90.8 Å². The highest BCUT2D eigenvalue weighted by Crippen LogP contribution is 2.27. The monoisotopic (exact) mass is 371 g/mol. The van der Waals surface area contributed by atoms with Gasteiger partial charge in [0.1, 0.15) is 0 Å².